The molecule has 0 spiro atoms. The Kier molecular flexibility index (Phi) is 4.14. The van der Waals surface area contributed by atoms with Crippen molar-refractivity contribution in [3.8, 4) is 10.4 Å². The van der Waals surface area contributed by atoms with Crippen LogP contribution in [0.4, 0.5) is 10.2 Å². The molecule has 0 atom stereocenters. The molecule has 0 bridgehead atoms. The highest BCUT2D eigenvalue weighted by molar-refractivity contribution is 7.22. The molecule has 0 aliphatic rings. The van der Waals surface area contributed by atoms with Gasteiger partial charge < -0.3 is 0 Å². The number of nitrogens with one attached hydrogen (secondary N) is 1. The van der Waals surface area contributed by atoms with Crippen molar-refractivity contribution in [1.29, 1.82) is 0 Å². The van der Waals surface area contributed by atoms with E-state index in [9.17, 15) is 4.39 Å². The Balaban J connectivity index is 1.63. The normalized spacial score (nSPS) is 11.2. The van der Waals surface area contributed by atoms with Crippen LogP contribution in [-0.2, 0) is 0 Å². The van der Waals surface area contributed by atoms with Gasteiger partial charge in [0.1, 0.15) is 12.1 Å². The monoisotopic (exact) mass is 349 g/mol. The molecule has 3 heterocycles. The summed E-state index contributed by atoms with van der Waals surface area (Å²) in [4.78, 5) is 13.5. The third kappa shape index (κ3) is 3.36. The lowest BCUT2D eigenvalue weighted by Crippen LogP contribution is -1.94. The molecule has 0 aliphatic heterocycles. The van der Waals surface area contributed by atoms with E-state index in [1.807, 2.05) is 18.2 Å². The number of pyridine rings is 1. The van der Waals surface area contributed by atoms with Gasteiger partial charge >= 0.3 is 0 Å². The summed E-state index contributed by atoms with van der Waals surface area (Å²) in [5, 5.41) is 4.22. The molecule has 4 rings (SSSR count). The number of fused-ring (bicyclic) bond motifs is 1. The van der Waals surface area contributed by atoms with Crippen LogP contribution in [0.1, 0.15) is 5.56 Å². The van der Waals surface area contributed by atoms with E-state index in [-0.39, 0.29) is 5.82 Å². The Morgan fingerprint density at radius 1 is 1.04 bits per heavy atom. The molecular formula is C18H12FN5S. The molecule has 0 saturated carbocycles. The van der Waals surface area contributed by atoms with Crippen molar-refractivity contribution in [2.45, 2.75) is 0 Å². The molecular weight excluding hydrogens is 337 g/mol. The number of nitrogens with zero attached hydrogens (tertiary/aromatic N) is 4. The second-order valence-electron chi connectivity index (χ2n) is 5.20. The van der Waals surface area contributed by atoms with Gasteiger partial charge in [0.25, 0.3) is 0 Å². The number of anilines is 1. The predicted octanol–water partition coefficient (Wildman–Crippen LogP) is 4.34. The number of aromatic nitrogens is 3. The summed E-state index contributed by atoms with van der Waals surface area (Å²) in [5.41, 5.74) is 5.66. The Morgan fingerprint density at radius 2 is 1.84 bits per heavy atom. The lowest BCUT2D eigenvalue weighted by molar-refractivity contribution is 0.628. The number of benzene rings is 1. The molecule has 0 unspecified atom stereocenters. The first-order chi connectivity index (χ1) is 12.3. The van der Waals surface area contributed by atoms with E-state index in [1.54, 1.807) is 30.7 Å². The molecule has 1 N–H and O–H groups in total. The maximum absolute atomic E-state index is 13.1. The summed E-state index contributed by atoms with van der Waals surface area (Å²) >= 11 is 1.54. The first-order valence-electron chi connectivity index (χ1n) is 7.49. The molecule has 1 aromatic carbocycles. The minimum absolute atomic E-state index is 0.252. The maximum Gasteiger partial charge on any atom is 0.167 e. The van der Waals surface area contributed by atoms with Crippen LogP contribution in [0.5, 0.6) is 0 Å². The molecule has 122 valence electrons. The molecule has 0 amide bonds. The second kappa shape index (κ2) is 6.74. The fourth-order valence-corrected chi connectivity index (χ4v) is 3.36. The highest BCUT2D eigenvalue weighted by Gasteiger charge is 2.10. The molecule has 25 heavy (non-hydrogen) atoms. The summed E-state index contributed by atoms with van der Waals surface area (Å²) < 4.78 is 14.0. The van der Waals surface area contributed by atoms with E-state index in [1.165, 1.54) is 29.8 Å². The van der Waals surface area contributed by atoms with Crippen LogP contribution < -0.4 is 5.43 Å². The molecule has 0 aliphatic carbocycles. The standard InChI is InChI=1S/C18H12FN5S/c19-14-3-1-13(2-4-14)16-9-15-17(25-16)18(22-11-21-15)24-23-10-12-5-7-20-8-6-12/h1-11H,(H,21,22,24)/b23-10+. The van der Waals surface area contributed by atoms with Crippen LogP contribution in [0, 0.1) is 5.82 Å². The largest absolute Gasteiger partial charge is 0.265 e. The van der Waals surface area contributed by atoms with E-state index in [0.717, 1.165) is 26.2 Å². The average molecular weight is 349 g/mol. The van der Waals surface area contributed by atoms with Gasteiger partial charge in [-0.3, -0.25) is 10.4 Å². The van der Waals surface area contributed by atoms with E-state index in [0.29, 0.717) is 5.82 Å². The molecule has 5 nitrogen and oxygen atoms in total. The molecule has 3 aromatic heterocycles. The number of thiophene rings is 1. The lowest BCUT2D eigenvalue weighted by Gasteiger charge is -1.99. The van der Waals surface area contributed by atoms with Gasteiger partial charge in [-0.15, -0.1) is 11.3 Å². The van der Waals surface area contributed by atoms with E-state index >= 15 is 0 Å². The number of hydrogen-bond acceptors (Lipinski definition) is 6. The van der Waals surface area contributed by atoms with E-state index < -0.39 is 0 Å². The smallest absolute Gasteiger partial charge is 0.167 e. The van der Waals surface area contributed by atoms with Gasteiger partial charge in [0.2, 0.25) is 0 Å². The van der Waals surface area contributed by atoms with Gasteiger partial charge in [-0.1, -0.05) is 12.1 Å². The average Bonchev–Trinajstić information content (AvgIpc) is 3.08. The van der Waals surface area contributed by atoms with Crippen molar-refractivity contribution in [3.05, 3.63) is 72.6 Å². The molecule has 4 aromatic rings. The van der Waals surface area contributed by atoms with Crippen LogP contribution in [0.15, 0.2) is 66.3 Å². The van der Waals surface area contributed by atoms with Crippen LogP contribution in [0.25, 0.3) is 20.7 Å². The van der Waals surface area contributed by atoms with Crippen LogP contribution in [0.3, 0.4) is 0 Å². The zero-order valence-corrected chi connectivity index (χ0v) is 13.7. The summed E-state index contributed by atoms with van der Waals surface area (Å²) in [6.07, 6.45) is 6.61. The first kappa shape index (κ1) is 15.3. The maximum atomic E-state index is 13.1. The molecule has 0 saturated heterocycles. The zero-order valence-electron chi connectivity index (χ0n) is 12.9. The van der Waals surface area contributed by atoms with Gasteiger partial charge in [-0.2, -0.15) is 5.10 Å². The van der Waals surface area contributed by atoms with Crippen molar-refractivity contribution in [2.24, 2.45) is 5.10 Å². The first-order valence-corrected chi connectivity index (χ1v) is 8.31. The van der Waals surface area contributed by atoms with Gasteiger partial charge in [-0.25, -0.2) is 14.4 Å². The highest BCUT2D eigenvalue weighted by atomic mass is 32.1. The fraction of sp³-hybridized carbons (Fsp3) is 0. The highest BCUT2D eigenvalue weighted by Crippen LogP contribution is 2.35. The summed E-state index contributed by atoms with van der Waals surface area (Å²) in [6.45, 7) is 0. The van der Waals surface area contributed by atoms with Crippen molar-refractivity contribution in [2.75, 3.05) is 5.43 Å². The van der Waals surface area contributed by atoms with Gasteiger partial charge in [0.05, 0.1) is 16.4 Å². The molecule has 0 radical (unpaired) electrons. The second-order valence-corrected chi connectivity index (χ2v) is 6.26. The Bertz CT molecular complexity index is 1030. The number of halogens is 1. The van der Waals surface area contributed by atoms with E-state index in [2.05, 4.69) is 25.5 Å². The third-order valence-corrected chi connectivity index (χ3v) is 4.71. The summed E-state index contributed by atoms with van der Waals surface area (Å²) in [6, 6.07) is 12.1. The Hall–Kier alpha value is -3.19. The SMILES string of the molecule is Fc1ccc(-c2cc3ncnc(N/N=C/c4ccncc4)c3s2)cc1. The third-order valence-electron chi connectivity index (χ3n) is 3.53. The van der Waals surface area contributed by atoms with Crippen LogP contribution in [0.2, 0.25) is 0 Å². The molecule has 7 heteroatoms. The fourth-order valence-electron chi connectivity index (χ4n) is 2.31. The lowest BCUT2D eigenvalue weighted by atomic mass is 10.2. The van der Waals surface area contributed by atoms with Gasteiger partial charge in [-0.05, 0) is 41.5 Å². The number of hydrogen-bond donors (Lipinski definition) is 1. The minimum atomic E-state index is -0.252. The Labute approximate surface area is 146 Å². The summed E-state index contributed by atoms with van der Waals surface area (Å²) in [7, 11) is 0. The van der Waals surface area contributed by atoms with E-state index in [4.69, 9.17) is 0 Å². The van der Waals surface area contributed by atoms with Gasteiger partial charge in [0, 0.05) is 17.3 Å². The van der Waals surface area contributed by atoms with Crippen molar-refractivity contribution < 1.29 is 4.39 Å². The predicted molar refractivity (Wildman–Crippen MR) is 98.3 cm³/mol. The zero-order chi connectivity index (χ0) is 17.1. The van der Waals surface area contributed by atoms with Crippen LogP contribution in [-0.4, -0.2) is 21.2 Å². The molecule has 0 fully saturated rings. The summed E-state index contributed by atoms with van der Waals surface area (Å²) in [5.74, 6) is 0.381. The van der Waals surface area contributed by atoms with Crippen LogP contribution >= 0.6 is 11.3 Å². The number of rotatable bonds is 4. The van der Waals surface area contributed by atoms with Crippen molar-refractivity contribution >= 4 is 33.6 Å². The van der Waals surface area contributed by atoms with Crippen molar-refractivity contribution in [1.82, 2.24) is 15.0 Å². The Morgan fingerprint density at radius 3 is 2.64 bits per heavy atom. The van der Waals surface area contributed by atoms with Crippen molar-refractivity contribution in [3.63, 3.8) is 0 Å². The number of hydrazone groups is 1. The quantitative estimate of drug-likeness (QED) is 0.440. The topological polar surface area (TPSA) is 63.1 Å². The van der Waals surface area contributed by atoms with Gasteiger partial charge in [0.15, 0.2) is 5.82 Å². The minimum Gasteiger partial charge on any atom is -0.265 e.